The number of hydrogen-bond donors (Lipinski definition) is 2. The summed E-state index contributed by atoms with van der Waals surface area (Å²) in [4.78, 5) is 12.4. The minimum Gasteiger partial charge on any atom is -0.326 e. The normalized spacial score (nSPS) is 11.1. The number of nitrogens with one attached hydrogen (secondary N) is 2. The van der Waals surface area contributed by atoms with E-state index < -0.39 is 10.0 Å². The second kappa shape index (κ2) is 8.46. The fourth-order valence-corrected chi connectivity index (χ4v) is 4.04. The maximum atomic E-state index is 12.6. The van der Waals surface area contributed by atoms with Crippen LogP contribution in [0, 0.1) is 6.92 Å². The number of aryl methyl sites for hydroxylation is 1. The Hall–Kier alpha value is -2.83. The van der Waals surface area contributed by atoms with Crippen LogP contribution in [0.3, 0.4) is 0 Å². The van der Waals surface area contributed by atoms with E-state index in [9.17, 15) is 13.2 Å². The molecule has 0 saturated heterocycles. The second-order valence-electron chi connectivity index (χ2n) is 6.26. The summed E-state index contributed by atoms with van der Waals surface area (Å²) in [6.45, 7) is 1.94. The maximum Gasteiger partial charge on any atom is 0.262 e. The summed E-state index contributed by atoms with van der Waals surface area (Å²) in [5.74, 6) is -0.220. The predicted octanol–water partition coefficient (Wildman–Crippen LogP) is 4.63. The Balaban J connectivity index is 1.75. The van der Waals surface area contributed by atoms with Gasteiger partial charge in [0, 0.05) is 5.69 Å². The molecule has 0 aliphatic rings. The van der Waals surface area contributed by atoms with Crippen LogP contribution < -0.4 is 10.0 Å². The van der Waals surface area contributed by atoms with E-state index in [1.165, 1.54) is 12.1 Å². The van der Waals surface area contributed by atoms with E-state index in [0.717, 1.165) is 11.1 Å². The molecule has 144 valence electrons. The average Bonchev–Trinajstić information content (AvgIpc) is 2.65. The molecule has 0 aliphatic carbocycles. The first-order chi connectivity index (χ1) is 13.3. The van der Waals surface area contributed by atoms with Crippen LogP contribution in [-0.2, 0) is 21.2 Å². The predicted molar refractivity (Wildman–Crippen MR) is 112 cm³/mol. The van der Waals surface area contributed by atoms with Crippen molar-refractivity contribution in [3.63, 3.8) is 0 Å². The first-order valence-electron chi connectivity index (χ1n) is 8.57. The summed E-state index contributed by atoms with van der Waals surface area (Å²) in [6, 6.07) is 20.3. The molecule has 0 fully saturated rings. The second-order valence-corrected chi connectivity index (χ2v) is 8.35. The molecule has 0 atom stereocenters. The lowest BCUT2D eigenvalue weighted by Gasteiger charge is -2.11. The molecule has 0 saturated carbocycles. The van der Waals surface area contributed by atoms with Crippen molar-refractivity contribution in [1.82, 2.24) is 0 Å². The van der Waals surface area contributed by atoms with Crippen LogP contribution in [-0.4, -0.2) is 14.3 Å². The Bertz CT molecular complexity index is 1110. The molecule has 0 unspecified atom stereocenters. The van der Waals surface area contributed by atoms with Gasteiger partial charge in [-0.15, -0.1) is 0 Å². The van der Waals surface area contributed by atoms with Crippen LogP contribution in [0.25, 0.3) is 0 Å². The Morgan fingerprint density at radius 3 is 2.43 bits per heavy atom. The Morgan fingerprint density at radius 2 is 1.68 bits per heavy atom. The molecule has 0 spiro atoms. The lowest BCUT2D eigenvalue weighted by Crippen LogP contribution is -2.16. The van der Waals surface area contributed by atoms with Crippen LogP contribution in [0.5, 0.6) is 0 Å². The average molecular weight is 415 g/mol. The molecule has 3 aromatic rings. The molecule has 2 N–H and O–H groups in total. The van der Waals surface area contributed by atoms with Crippen molar-refractivity contribution in [3.05, 3.63) is 88.9 Å². The number of rotatable bonds is 6. The number of anilines is 2. The molecule has 28 heavy (non-hydrogen) atoms. The van der Waals surface area contributed by atoms with E-state index in [1.807, 2.05) is 31.2 Å². The number of sulfonamides is 1. The summed E-state index contributed by atoms with van der Waals surface area (Å²) in [5.41, 5.74) is 2.64. The van der Waals surface area contributed by atoms with Crippen molar-refractivity contribution in [1.29, 1.82) is 0 Å². The van der Waals surface area contributed by atoms with Gasteiger partial charge in [-0.3, -0.25) is 9.52 Å². The molecule has 3 rings (SSSR count). The third kappa shape index (κ3) is 4.91. The minimum absolute atomic E-state index is 0.0288. The van der Waals surface area contributed by atoms with Gasteiger partial charge in [0.2, 0.25) is 5.91 Å². The van der Waals surface area contributed by atoms with Crippen LogP contribution >= 0.6 is 11.6 Å². The summed E-state index contributed by atoms with van der Waals surface area (Å²) in [7, 11) is -3.85. The van der Waals surface area contributed by atoms with E-state index in [2.05, 4.69) is 10.0 Å². The van der Waals surface area contributed by atoms with Crippen molar-refractivity contribution < 1.29 is 13.2 Å². The molecule has 0 radical (unpaired) electrons. The summed E-state index contributed by atoms with van der Waals surface area (Å²) in [5, 5.41) is 3.05. The van der Waals surface area contributed by atoms with E-state index in [0.29, 0.717) is 10.7 Å². The molecule has 0 bridgehead atoms. The van der Waals surface area contributed by atoms with Crippen LogP contribution in [0.4, 0.5) is 11.4 Å². The van der Waals surface area contributed by atoms with Crippen molar-refractivity contribution in [3.8, 4) is 0 Å². The number of carbonyl (C=O) groups is 1. The van der Waals surface area contributed by atoms with Gasteiger partial charge in [-0.25, -0.2) is 8.42 Å². The van der Waals surface area contributed by atoms with Crippen molar-refractivity contribution in [2.45, 2.75) is 18.2 Å². The van der Waals surface area contributed by atoms with Gasteiger partial charge in [-0.05, 0) is 48.4 Å². The zero-order chi connectivity index (χ0) is 20.1. The fraction of sp³-hybridized carbons (Fsp3) is 0.0952. The minimum atomic E-state index is -3.85. The van der Waals surface area contributed by atoms with Crippen molar-refractivity contribution >= 4 is 38.9 Å². The Labute approximate surface area is 169 Å². The third-order valence-corrected chi connectivity index (χ3v) is 5.85. The largest absolute Gasteiger partial charge is 0.326 e. The van der Waals surface area contributed by atoms with E-state index in [-0.39, 0.29) is 22.9 Å². The molecule has 0 heterocycles. The summed E-state index contributed by atoms with van der Waals surface area (Å²) >= 11 is 6.02. The first kappa shape index (κ1) is 19.9. The first-order valence-corrected chi connectivity index (χ1v) is 10.4. The van der Waals surface area contributed by atoms with Gasteiger partial charge < -0.3 is 5.32 Å². The Kier molecular flexibility index (Phi) is 6.02. The number of halogens is 1. The molecule has 5 nitrogen and oxygen atoms in total. The summed E-state index contributed by atoms with van der Waals surface area (Å²) < 4.78 is 27.7. The Morgan fingerprint density at radius 1 is 0.964 bits per heavy atom. The zero-order valence-electron chi connectivity index (χ0n) is 15.1. The molecular formula is C21H19ClN2O3S. The van der Waals surface area contributed by atoms with Gasteiger partial charge in [-0.2, -0.15) is 0 Å². The molecule has 0 aliphatic heterocycles. The highest BCUT2D eigenvalue weighted by Crippen LogP contribution is 2.25. The number of benzene rings is 3. The molecule has 0 aromatic heterocycles. The van der Waals surface area contributed by atoms with Gasteiger partial charge in [0.05, 0.1) is 22.0 Å². The number of hydrogen-bond acceptors (Lipinski definition) is 3. The molecule has 1 amide bonds. The topological polar surface area (TPSA) is 75.3 Å². The smallest absolute Gasteiger partial charge is 0.262 e. The van der Waals surface area contributed by atoms with Gasteiger partial charge >= 0.3 is 0 Å². The molecule has 7 heteroatoms. The SMILES string of the molecule is Cc1ccccc1CC(=O)Nc1cccc(S(=O)(=O)Nc2ccccc2Cl)c1. The van der Waals surface area contributed by atoms with E-state index in [1.54, 1.807) is 36.4 Å². The lowest BCUT2D eigenvalue weighted by molar-refractivity contribution is -0.115. The van der Waals surface area contributed by atoms with Gasteiger partial charge in [0.1, 0.15) is 0 Å². The fourth-order valence-electron chi connectivity index (χ4n) is 2.68. The van der Waals surface area contributed by atoms with E-state index in [4.69, 9.17) is 11.6 Å². The number of carbonyl (C=O) groups excluding carboxylic acids is 1. The maximum absolute atomic E-state index is 12.6. The monoisotopic (exact) mass is 414 g/mol. The standard InChI is InChI=1S/C21H19ClN2O3S/c1-15-7-2-3-8-16(15)13-21(25)23-17-9-6-10-18(14-17)28(26,27)24-20-12-5-4-11-19(20)22/h2-12,14,24H,13H2,1H3,(H,23,25). The van der Waals surface area contributed by atoms with Gasteiger partial charge in [-0.1, -0.05) is 54.1 Å². The number of para-hydroxylation sites is 1. The molecule has 3 aromatic carbocycles. The van der Waals surface area contributed by atoms with Crippen LogP contribution in [0.15, 0.2) is 77.7 Å². The number of amides is 1. The quantitative estimate of drug-likeness (QED) is 0.617. The van der Waals surface area contributed by atoms with Gasteiger partial charge in [0.15, 0.2) is 0 Å². The van der Waals surface area contributed by atoms with Crippen LogP contribution in [0.2, 0.25) is 5.02 Å². The highest BCUT2D eigenvalue weighted by Gasteiger charge is 2.16. The van der Waals surface area contributed by atoms with Crippen molar-refractivity contribution in [2.24, 2.45) is 0 Å². The zero-order valence-corrected chi connectivity index (χ0v) is 16.7. The van der Waals surface area contributed by atoms with Gasteiger partial charge in [0.25, 0.3) is 10.0 Å². The van der Waals surface area contributed by atoms with E-state index >= 15 is 0 Å². The highest BCUT2D eigenvalue weighted by molar-refractivity contribution is 7.92. The van der Waals surface area contributed by atoms with Crippen molar-refractivity contribution in [2.75, 3.05) is 10.0 Å². The summed E-state index contributed by atoms with van der Waals surface area (Å²) in [6.07, 6.45) is 0.210. The van der Waals surface area contributed by atoms with Crippen LogP contribution in [0.1, 0.15) is 11.1 Å². The molecular weight excluding hydrogens is 396 g/mol. The third-order valence-electron chi connectivity index (χ3n) is 4.16. The lowest BCUT2D eigenvalue weighted by atomic mass is 10.1. The highest BCUT2D eigenvalue weighted by atomic mass is 35.5.